The molecule has 100 valence electrons. The molecule has 0 bridgehead atoms. The first-order valence-corrected chi connectivity index (χ1v) is 6.29. The van der Waals surface area contributed by atoms with Crippen LogP contribution in [-0.2, 0) is 6.42 Å². The normalized spacial score (nSPS) is 10.7. The molecular formula is C14H17N3O2. The highest BCUT2D eigenvalue weighted by Gasteiger charge is 2.14. The Morgan fingerprint density at radius 1 is 1.26 bits per heavy atom. The average Bonchev–Trinajstić information content (AvgIpc) is 2.85. The lowest BCUT2D eigenvalue weighted by Gasteiger charge is -2.04. The highest BCUT2D eigenvalue weighted by atomic mass is 16.4. The van der Waals surface area contributed by atoms with Crippen LogP contribution in [0.15, 0.2) is 34.7 Å². The fourth-order valence-corrected chi connectivity index (χ4v) is 1.56. The summed E-state index contributed by atoms with van der Waals surface area (Å²) in [7, 11) is 0. The molecular weight excluding hydrogens is 242 g/mol. The molecule has 2 aromatic rings. The van der Waals surface area contributed by atoms with Gasteiger partial charge >= 0.3 is 11.8 Å². The smallest absolute Gasteiger partial charge is 0.308 e. The zero-order chi connectivity index (χ0) is 13.7. The molecule has 5 heteroatoms. The zero-order valence-corrected chi connectivity index (χ0v) is 11.1. The summed E-state index contributed by atoms with van der Waals surface area (Å²) in [6.45, 7) is 4.64. The maximum atomic E-state index is 11.7. The summed E-state index contributed by atoms with van der Waals surface area (Å²) in [5.74, 6) is 0.531. The lowest BCUT2D eigenvalue weighted by molar-refractivity contribution is 0.0912. The van der Waals surface area contributed by atoms with E-state index in [0.29, 0.717) is 24.8 Å². The van der Waals surface area contributed by atoms with E-state index in [9.17, 15) is 4.79 Å². The summed E-state index contributed by atoms with van der Waals surface area (Å²) in [4.78, 5) is 11.7. The fraction of sp³-hybridized carbons (Fsp3) is 0.357. The van der Waals surface area contributed by atoms with Gasteiger partial charge in [-0.3, -0.25) is 4.79 Å². The van der Waals surface area contributed by atoms with E-state index in [1.165, 1.54) is 0 Å². The van der Waals surface area contributed by atoms with Gasteiger partial charge in [-0.2, -0.15) is 0 Å². The number of benzene rings is 1. The number of rotatable bonds is 5. The van der Waals surface area contributed by atoms with Crippen LogP contribution in [0.4, 0.5) is 0 Å². The third-order valence-corrected chi connectivity index (χ3v) is 2.53. The number of hydrogen-bond acceptors (Lipinski definition) is 4. The van der Waals surface area contributed by atoms with Crippen molar-refractivity contribution in [1.82, 2.24) is 15.5 Å². The molecule has 19 heavy (non-hydrogen) atoms. The minimum atomic E-state index is -0.319. The van der Waals surface area contributed by atoms with Gasteiger partial charge in [-0.1, -0.05) is 44.2 Å². The Morgan fingerprint density at radius 3 is 2.68 bits per heavy atom. The first kappa shape index (κ1) is 13.3. The van der Waals surface area contributed by atoms with Gasteiger partial charge in [0, 0.05) is 6.54 Å². The Balaban J connectivity index is 1.97. The molecule has 0 fully saturated rings. The number of carbonyl (C=O) groups is 1. The molecule has 0 aliphatic carbocycles. The molecule has 1 aromatic heterocycles. The maximum Gasteiger partial charge on any atom is 0.308 e. The number of carbonyl (C=O) groups excluding carboxylic acids is 1. The number of nitrogens with one attached hydrogen (secondary N) is 1. The van der Waals surface area contributed by atoms with Gasteiger partial charge in [0.2, 0.25) is 5.89 Å². The second-order valence-corrected chi connectivity index (χ2v) is 4.77. The monoisotopic (exact) mass is 259 g/mol. The Kier molecular flexibility index (Phi) is 4.28. The van der Waals surface area contributed by atoms with Gasteiger partial charge < -0.3 is 9.73 Å². The number of nitrogens with zero attached hydrogens (tertiary/aromatic N) is 2. The highest BCUT2D eigenvalue weighted by molar-refractivity contribution is 5.89. The van der Waals surface area contributed by atoms with Gasteiger partial charge in [0.1, 0.15) is 0 Å². The van der Waals surface area contributed by atoms with Crippen LogP contribution in [0.5, 0.6) is 0 Å². The minimum absolute atomic E-state index is 0.0200. The molecule has 1 N–H and O–H groups in total. The molecule has 0 unspecified atom stereocenters. The van der Waals surface area contributed by atoms with Crippen molar-refractivity contribution in [2.24, 2.45) is 5.92 Å². The van der Waals surface area contributed by atoms with E-state index in [0.717, 1.165) is 5.56 Å². The first-order valence-electron chi connectivity index (χ1n) is 6.29. The molecule has 1 aromatic carbocycles. The summed E-state index contributed by atoms with van der Waals surface area (Å²) in [5.41, 5.74) is 1.07. The van der Waals surface area contributed by atoms with Crippen LogP contribution >= 0.6 is 0 Å². The van der Waals surface area contributed by atoms with Crippen molar-refractivity contribution in [2.75, 3.05) is 6.54 Å². The van der Waals surface area contributed by atoms with Crippen LogP contribution < -0.4 is 5.32 Å². The van der Waals surface area contributed by atoms with E-state index in [2.05, 4.69) is 15.5 Å². The van der Waals surface area contributed by atoms with Crippen molar-refractivity contribution in [3.05, 3.63) is 47.7 Å². The Morgan fingerprint density at radius 2 is 2.00 bits per heavy atom. The van der Waals surface area contributed by atoms with Gasteiger partial charge in [0.25, 0.3) is 0 Å². The zero-order valence-electron chi connectivity index (χ0n) is 11.1. The predicted molar refractivity (Wildman–Crippen MR) is 70.7 cm³/mol. The summed E-state index contributed by atoms with van der Waals surface area (Å²) < 4.78 is 5.35. The van der Waals surface area contributed by atoms with Crippen molar-refractivity contribution in [3.63, 3.8) is 0 Å². The van der Waals surface area contributed by atoms with Crippen LogP contribution in [0.1, 0.15) is 36.0 Å². The standard InChI is InChI=1S/C14H17N3O2/c1-10(2)9-15-13(18)14-17-16-12(19-14)8-11-6-4-3-5-7-11/h3-7,10H,8-9H2,1-2H3,(H,15,18). The van der Waals surface area contributed by atoms with E-state index >= 15 is 0 Å². The van der Waals surface area contributed by atoms with Gasteiger partial charge in [-0.05, 0) is 11.5 Å². The summed E-state index contributed by atoms with van der Waals surface area (Å²) >= 11 is 0. The van der Waals surface area contributed by atoms with E-state index in [1.54, 1.807) is 0 Å². The molecule has 0 aliphatic rings. The van der Waals surface area contributed by atoms with E-state index in [1.807, 2.05) is 44.2 Å². The molecule has 0 saturated carbocycles. The maximum absolute atomic E-state index is 11.7. The topological polar surface area (TPSA) is 68.0 Å². The summed E-state index contributed by atoms with van der Waals surface area (Å²) in [5, 5.41) is 10.4. The number of aromatic nitrogens is 2. The SMILES string of the molecule is CC(C)CNC(=O)c1nnc(Cc2ccccc2)o1. The second kappa shape index (κ2) is 6.13. The van der Waals surface area contributed by atoms with Crippen molar-refractivity contribution >= 4 is 5.91 Å². The van der Waals surface area contributed by atoms with Crippen molar-refractivity contribution in [1.29, 1.82) is 0 Å². The number of hydrogen-bond donors (Lipinski definition) is 1. The van der Waals surface area contributed by atoms with Crippen LogP contribution in [0.2, 0.25) is 0 Å². The average molecular weight is 259 g/mol. The van der Waals surface area contributed by atoms with Crippen LogP contribution in [0, 0.1) is 5.92 Å². The Bertz CT molecular complexity index is 535. The van der Waals surface area contributed by atoms with Gasteiger partial charge in [0.05, 0.1) is 6.42 Å². The van der Waals surface area contributed by atoms with E-state index in [4.69, 9.17) is 4.42 Å². The largest absolute Gasteiger partial charge is 0.417 e. The Hall–Kier alpha value is -2.17. The molecule has 5 nitrogen and oxygen atoms in total. The van der Waals surface area contributed by atoms with Crippen molar-refractivity contribution < 1.29 is 9.21 Å². The summed E-state index contributed by atoms with van der Waals surface area (Å²) in [6.07, 6.45) is 0.533. The molecule has 0 saturated heterocycles. The van der Waals surface area contributed by atoms with Crippen LogP contribution in [-0.4, -0.2) is 22.6 Å². The molecule has 2 rings (SSSR count). The van der Waals surface area contributed by atoms with Crippen molar-refractivity contribution in [3.8, 4) is 0 Å². The molecule has 1 heterocycles. The molecule has 0 spiro atoms. The van der Waals surface area contributed by atoms with Crippen molar-refractivity contribution in [2.45, 2.75) is 20.3 Å². The molecule has 0 radical (unpaired) electrons. The van der Waals surface area contributed by atoms with Gasteiger partial charge in [0.15, 0.2) is 0 Å². The third kappa shape index (κ3) is 3.91. The lowest BCUT2D eigenvalue weighted by atomic mass is 10.2. The quantitative estimate of drug-likeness (QED) is 0.892. The summed E-state index contributed by atoms with van der Waals surface area (Å²) in [6, 6.07) is 9.79. The van der Waals surface area contributed by atoms with Gasteiger partial charge in [-0.25, -0.2) is 0 Å². The predicted octanol–water partition coefficient (Wildman–Crippen LogP) is 2.05. The van der Waals surface area contributed by atoms with E-state index in [-0.39, 0.29) is 11.8 Å². The first-order chi connectivity index (χ1) is 9.15. The highest BCUT2D eigenvalue weighted by Crippen LogP contribution is 2.08. The second-order valence-electron chi connectivity index (χ2n) is 4.77. The Labute approximate surface area is 112 Å². The molecule has 0 aliphatic heterocycles. The fourth-order valence-electron chi connectivity index (χ4n) is 1.56. The third-order valence-electron chi connectivity index (χ3n) is 2.53. The molecule has 0 atom stereocenters. The molecule has 1 amide bonds. The van der Waals surface area contributed by atoms with Crippen LogP contribution in [0.25, 0.3) is 0 Å². The van der Waals surface area contributed by atoms with E-state index < -0.39 is 0 Å². The lowest BCUT2D eigenvalue weighted by Crippen LogP contribution is -2.27. The van der Waals surface area contributed by atoms with Crippen LogP contribution in [0.3, 0.4) is 0 Å². The van der Waals surface area contributed by atoms with Gasteiger partial charge in [-0.15, -0.1) is 10.2 Å². The minimum Gasteiger partial charge on any atom is -0.417 e. The number of amides is 1.